The second-order valence-electron chi connectivity index (χ2n) is 5.07. The van der Waals surface area contributed by atoms with Gasteiger partial charge in [-0.1, -0.05) is 54.8 Å². The normalized spacial score (nSPS) is 18.1. The largest absolute Gasteiger partial charge is 0.432 e. The third-order valence-electron chi connectivity index (χ3n) is 3.52. The molecule has 0 unspecified atom stereocenters. The number of nitrogens with zero attached hydrogens (tertiary/aromatic N) is 1. The van der Waals surface area contributed by atoms with Crippen LogP contribution in [0.15, 0.2) is 35.5 Å². The summed E-state index contributed by atoms with van der Waals surface area (Å²) >= 11 is 0. The van der Waals surface area contributed by atoms with Gasteiger partial charge in [-0.15, -0.1) is 0 Å². The van der Waals surface area contributed by atoms with Crippen molar-refractivity contribution < 1.29 is 18.0 Å². The van der Waals surface area contributed by atoms with E-state index in [-0.39, 0.29) is 6.61 Å². The molecule has 0 saturated heterocycles. The van der Waals surface area contributed by atoms with Crippen LogP contribution in [-0.4, -0.2) is 11.9 Å². The molecule has 1 aromatic rings. The van der Waals surface area contributed by atoms with Crippen LogP contribution in [0.5, 0.6) is 0 Å². The zero-order valence-electron chi connectivity index (χ0n) is 11.2. The second-order valence-corrected chi connectivity index (χ2v) is 5.07. The number of rotatable bonds is 4. The van der Waals surface area contributed by atoms with Gasteiger partial charge in [0.2, 0.25) is 0 Å². The van der Waals surface area contributed by atoms with Crippen LogP contribution in [0.25, 0.3) is 0 Å². The molecule has 5 heteroatoms. The molecule has 0 atom stereocenters. The fourth-order valence-electron chi connectivity index (χ4n) is 2.48. The summed E-state index contributed by atoms with van der Waals surface area (Å²) in [5.41, 5.74) is 0.0505. The van der Waals surface area contributed by atoms with E-state index in [0.717, 1.165) is 24.8 Å². The van der Waals surface area contributed by atoms with Crippen LogP contribution in [0, 0.1) is 5.92 Å². The fraction of sp³-hybridized carbons (Fsp3) is 0.533. The number of alkyl halides is 3. The summed E-state index contributed by atoms with van der Waals surface area (Å²) in [7, 11) is 0. The lowest BCUT2D eigenvalue weighted by atomic mass is 9.85. The summed E-state index contributed by atoms with van der Waals surface area (Å²) in [6.07, 6.45) is -0.637. The predicted octanol–water partition coefficient (Wildman–Crippen LogP) is 4.70. The number of hydrogen-bond donors (Lipinski definition) is 0. The fourth-order valence-corrected chi connectivity index (χ4v) is 2.48. The third-order valence-corrected chi connectivity index (χ3v) is 3.52. The SMILES string of the molecule is FC(F)(F)/C(=N\OCc1ccccc1)C1CCCCC1. The lowest BCUT2D eigenvalue weighted by Crippen LogP contribution is -2.32. The van der Waals surface area contributed by atoms with Crippen molar-refractivity contribution in [3.63, 3.8) is 0 Å². The molecule has 0 heterocycles. The topological polar surface area (TPSA) is 21.6 Å². The van der Waals surface area contributed by atoms with Crippen molar-refractivity contribution in [2.24, 2.45) is 11.1 Å². The Morgan fingerprint density at radius 1 is 1.10 bits per heavy atom. The average Bonchev–Trinajstić information content (AvgIpc) is 2.44. The van der Waals surface area contributed by atoms with Gasteiger partial charge < -0.3 is 4.84 Å². The van der Waals surface area contributed by atoms with Crippen molar-refractivity contribution >= 4 is 5.71 Å². The summed E-state index contributed by atoms with van der Waals surface area (Å²) in [5.74, 6) is -0.514. The number of halogens is 3. The van der Waals surface area contributed by atoms with Crippen LogP contribution in [0.3, 0.4) is 0 Å². The van der Waals surface area contributed by atoms with Crippen LogP contribution in [0.1, 0.15) is 37.7 Å². The van der Waals surface area contributed by atoms with Gasteiger partial charge >= 0.3 is 6.18 Å². The molecule has 0 aliphatic heterocycles. The Morgan fingerprint density at radius 3 is 2.35 bits per heavy atom. The Balaban J connectivity index is 2.01. The van der Waals surface area contributed by atoms with Crippen LogP contribution in [0.2, 0.25) is 0 Å². The highest BCUT2D eigenvalue weighted by Crippen LogP contribution is 2.32. The van der Waals surface area contributed by atoms with Gasteiger partial charge in [0.25, 0.3) is 0 Å². The molecule has 1 aliphatic rings. The first-order valence-corrected chi connectivity index (χ1v) is 6.88. The maximum absolute atomic E-state index is 13.0. The van der Waals surface area contributed by atoms with Gasteiger partial charge in [-0.3, -0.25) is 0 Å². The summed E-state index contributed by atoms with van der Waals surface area (Å²) in [4.78, 5) is 4.93. The summed E-state index contributed by atoms with van der Waals surface area (Å²) in [6, 6.07) is 9.06. The maximum atomic E-state index is 13.0. The van der Waals surface area contributed by atoms with E-state index in [1.807, 2.05) is 18.2 Å². The molecule has 1 saturated carbocycles. The van der Waals surface area contributed by atoms with Gasteiger partial charge in [0, 0.05) is 5.92 Å². The molecule has 0 bridgehead atoms. The smallest absolute Gasteiger partial charge is 0.391 e. The van der Waals surface area contributed by atoms with Crippen LogP contribution < -0.4 is 0 Å². The molecule has 1 fully saturated rings. The summed E-state index contributed by atoms with van der Waals surface area (Å²) < 4.78 is 39.1. The lowest BCUT2D eigenvalue weighted by molar-refractivity contribution is -0.0679. The number of benzene rings is 1. The molecule has 2 nitrogen and oxygen atoms in total. The highest BCUT2D eigenvalue weighted by molar-refractivity contribution is 5.91. The van der Waals surface area contributed by atoms with Crippen molar-refractivity contribution in [3.8, 4) is 0 Å². The molecular weight excluding hydrogens is 267 g/mol. The molecular formula is C15H18F3NO. The van der Waals surface area contributed by atoms with Gasteiger partial charge in [0.15, 0.2) is 5.71 Å². The van der Waals surface area contributed by atoms with Crippen LogP contribution >= 0.6 is 0 Å². The first-order valence-electron chi connectivity index (χ1n) is 6.88. The number of oxime groups is 1. The van der Waals surface area contributed by atoms with Crippen molar-refractivity contribution in [1.29, 1.82) is 0 Å². The molecule has 20 heavy (non-hydrogen) atoms. The molecule has 110 valence electrons. The van der Waals surface area contributed by atoms with E-state index in [1.165, 1.54) is 0 Å². The van der Waals surface area contributed by atoms with E-state index in [1.54, 1.807) is 12.1 Å². The van der Waals surface area contributed by atoms with Gasteiger partial charge in [-0.05, 0) is 18.4 Å². The van der Waals surface area contributed by atoms with Crippen molar-refractivity contribution in [3.05, 3.63) is 35.9 Å². The van der Waals surface area contributed by atoms with Crippen molar-refractivity contribution in [2.75, 3.05) is 0 Å². The zero-order chi connectivity index (χ0) is 14.4. The summed E-state index contributed by atoms with van der Waals surface area (Å²) in [5, 5.41) is 3.41. The molecule has 0 amide bonds. The molecule has 0 spiro atoms. The maximum Gasteiger partial charge on any atom is 0.432 e. The van der Waals surface area contributed by atoms with E-state index >= 15 is 0 Å². The van der Waals surface area contributed by atoms with Gasteiger partial charge in [-0.2, -0.15) is 13.2 Å². The molecule has 0 N–H and O–H groups in total. The third kappa shape index (κ3) is 4.25. The Labute approximate surface area is 116 Å². The van der Waals surface area contributed by atoms with E-state index in [0.29, 0.717) is 12.8 Å². The Morgan fingerprint density at radius 2 is 1.75 bits per heavy atom. The van der Waals surface area contributed by atoms with E-state index in [4.69, 9.17) is 4.84 Å². The first kappa shape index (κ1) is 14.9. The van der Waals surface area contributed by atoms with Crippen molar-refractivity contribution in [2.45, 2.75) is 44.9 Å². The van der Waals surface area contributed by atoms with E-state index < -0.39 is 17.8 Å². The minimum Gasteiger partial charge on any atom is -0.391 e. The van der Waals surface area contributed by atoms with Gasteiger partial charge in [-0.25, -0.2) is 0 Å². The molecule has 0 radical (unpaired) electrons. The minimum absolute atomic E-state index is 0.0626. The summed E-state index contributed by atoms with van der Waals surface area (Å²) in [6.45, 7) is 0.0626. The lowest BCUT2D eigenvalue weighted by Gasteiger charge is -2.24. The average molecular weight is 285 g/mol. The van der Waals surface area contributed by atoms with E-state index in [2.05, 4.69) is 5.16 Å². The molecule has 0 aromatic heterocycles. The van der Waals surface area contributed by atoms with Gasteiger partial charge in [0.05, 0.1) is 0 Å². The second kappa shape index (κ2) is 6.77. The Kier molecular flexibility index (Phi) is 5.04. The number of hydrogen-bond acceptors (Lipinski definition) is 2. The monoisotopic (exact) mass is 285 g/mol. The molecule has 2 rings (SSSR count). The highest BCUT2D eigenvalue weighted by atomic mass is 19.4. The predicted molar refractivity (Wildman–Crippen MR) is 71.3 cm³/mol. The Hall–Kier alpha value is -1.52. The minimum atomic E-state index is -4.40. The Bertz CT molecular complexity index is 436. The first-order chi connectivity index (χ1) is 9.57. The molecule has 1 aliphatic carbocycles. The van der Waals surface area contributed by atoms with Crippen LogP contribution in [-0.2, 0) is 11.4 Å². The molecule has 1 aromatic carbocycles. The highest BCUT2D eigenvalue weighted by Gasteiger charge is 2.41. The quantitative estimate of drug-likeness (QED) is 0.580. The van der Waals surface area contributed by atoms with E-state index in [9.17, 15) is 13.2 Å². The van der Waals surface area contributed by atoms with Gasteiger partial charge in [0.1, 0.15) is 6.61 Å². The van der Waals surface area contributed by atoms with Crippen molar-refractivity contribution in [1.82, 2.24) is 0 Å². The zero-order valence-corrected chi connectivity index (χ0v) is 11.2. The van der Waals surface area contributed by atoms with Crippen LogP contribution in [0.4, 0.5) is 13.2 Å². The standard InChI is InChI=1S/C15H18F3NO/c16-15(17,18)14(13-9-5-2-6-10-13)19-20-11-12-7-3-1-4-8-12/h1,3-4,7-8,13H,2,5-6,9-11H2/b19-14-.